The Morgan fingerprint density at radius 1 is 1.44 bits per heavy atom. The van der Waals surface area contributed by atoms with E-state index in [9.17, 15) is 4.79 Å². The fraction of sp³-hybridized carbons (Fsp3) is 0.538. The van der Waals surface area contributed by atoms with Gasteiger partial charge >= 0.3 is 0 Å². The summed E-state index contributed by atoms with van der Waals surface area (Å²) < 4.78 is 4.85. The van der Waals surface area contributed by atoms with Crippen LogP contribution in [-0.2, 0) is 16.1 Å². The summed E-state index contributed by atoms with van der Waals surface area (Å²) in [4.78, 5) is 15.6. The van der Waals surface area contributed by atoms with Crippen LogP contribution in [0.15, 0.2) is 18.3 Å². The van der Waals surface area contributed by atoms with Crippen molar-refractivity contribution in [2.45, 2.75) is 19.9 Å². The van der Waals surface area contributed by atoms with Crippen LogP contribution in [0.4, 0.5) is 0 Å². The van der Waals surface area contributed by atoms with Gasteiger partial charge in [0.25, 0.3) is 0 Å². The van der Waals surface area contributed by atoms with E-state index in [0.717, 1.165) is 11.3 Å². The summed E-state index contributed by atoms with van der Waals surface area (Å²) >= 11 is 0. The van der Waals surface area contributed by atoms with Gasteiger partial charge in [-0.15, -0.1) is 0 Å². The zero-order chi connectivity index (χ0) is 13.2. The van der Waals surface area contributed by atoms with Crippen molar-refractivity contribution in [2.24, 2.45) is 0 Å². The van der Waals surface area contributed by atoms with Gasteiger partial charge in [0.2, 0.25) is 5.91 Å². The molecule has 5 heteroatoms. The van der Waals surface area contributed by atoms with E-state index in [2.05, 4.69) is 15.6 Å². The average Bonchev–Trinajstić information content (AvgIpc) is 2.37. The number of carbonyl (C=O) groups is 1. The van der Waals surface area contributed by atoms with Crippen LogP contribution in [0, 0.1) is 6.92 Å². The lowest BCUT2D eigenvalue weighted by molar-refractivity contribution is -0.121. The molecule has 0 bridgehead atoms. The van der Waals surface area contributed by atoms with E-state index in [1.165, 1.54) is 0 Å². The van der Waals surface area contributed by atoms with Crippen molar-refractivity contribution >= 4 is 5.91 Å². The van der Waals surface area contributed by atoms with Crippen molar-refractivity contribution < 1.29 is 9.53 Å². The van der Waals surface area contributed by atoms with Crippen LogP contribution in [0.5, 0.6) is 0 Å². The Bertz CT molecular complexity index is 369. The summed E-state index contributed by atoms with van der Waals surface area (Å²) in [6.45, 7) is 4.48. The van der Waals surface area contributed by atoms with Crippen LogP contribution in [0.2, 0.25) is 0 Å². The molecule has 1 aromatic heterocycles. The lowest BCUT2D eigenvalue weighted by atomic mass is 10.2. The Labute approximate surface area is 108 Å². The molecule has 2 N–H and O–H groups in total. The molecule has 5 nitrogen and oxygen atoms in total. The van der Waals surface area contributed by atoms with Gasteiger partial charge < -0.3 is 15.4 Å². The van der Waals surface area contributed by atoms with Crippen LogP contribution in [-0.4, -0.2) is 37.7 Å². The zero-order valence-electron chi connectivity index (χ0n) is 11.0. The van der Waals surface area contributed by atoms with Gasteiger partial charge in [-0.3, -0.25) is 9.78 Å². The molecule has 0 aromatic carbocycles. The van der Waals surface area contributed by atoms with E-state index < -0.39 is 0 Å². The number of methoxy groups -OCH3 is 1. The molecule has 1 heterocycles. The first-order chi connectivity index (χ1) is 8.74. The molecule has 0 aliphatic carbocycles. The fourth-order valence-electron chi connectivity index (χ4n) is 1.49. The first kappa shape index (κ1) is 14.6. The number of amides is 1. The topological polar surface area (TPSA) is 63.2 Å². The smallest absolute Gasteiger partial charge is 0.221 e. The third-order valence-electron chi connectivity index (χ3n) is 2.57. The van der Waals surface area contributed by atoms with E-state index in [4.69, 9.17) is 4.74 Å². The highest BCUT2D eigenvalue weighted by molar-refractivity contribution is 5.75. The zero-order valence-corrected chi connectivity index (χ0v) is 11.0. The molecule has 0 atom stereocenters. The molecule has 0 saturated carbocycles. The highest BCUT2D eigenvalue weighted by atomic mass is 16.5. The van der Waals surface area contributed by atoms with Gasteiger partial charge in [-0.05, 0) is 18.6 Å². The molecule has 0 aliphatic rings. The van der Waals surface area contributed by atoms with Crippen molar-refractivity contribution in [2.75, 3.05) is 26.8 Å². The lowest BCUT2D eigenvalue weighted by Crippen LogP contribution is -2.30. The van der Waals surface area contributed by atoms with E-state index in [-0.39, 0.29) is 5.91 Å². The maximum atomic E-state index is 11.4. The van der Waals surface area contributed by atoms with Gasteiger partial charge in [-0.2, -0.15) is 0 Å². The molecule has 100 valence electrons. The molecular weight excluding hydrogens is 230 g/mol. The monoisotopic (exact) mass is 251 g/mol. The number of hydrogen-bond donors (Lipinski definition) is 2. The highest BCUT2D eigenvalue weighted by Crippen LogP contribution is 2.01. The predicted octanol–water partition coefficient (Wildman–Crippen LogP) is 0.632. The minimum atomic E-state index is 0.0392. The molecule has 0 fully saturated rings. The van der Waals surface area contributed by atoms with Gasteiger partial charge in [-0.25, -0.2) is 0 Å². The molecular formula is C13H21N3O2. The first-order valence-electron chi connectivity index (χ1n) is 6.11. The summed E-state index contributed by atoms with van der Waals surface area (Å²) in [5.41, 5.74) is 2.19. The molecule has 1 rings (SSSR count). The Kier molecular flexibility index (Phi) is 6.98. The molecule has 1 aromatic rings. The summed E-state index contributed by atoms with van der Waals surface area (Å²) in [6, 6.07) is 3.95. The van der Waals surface area contributed by atoms with Crippen LogP contribution >= 0.6 is 0 Å². The summed E-state index contributed by atoms with van der Waals surface area (Å²) in [5, 5.41) is 5.98. The Hall–Kier alpha value is -1.46. The van der Waals surface area contributed by atoms with Crippen LogP contribution in [0.25, 0.3) is 0 Å². The normalized spacial score (nSPS) is 10.3. The van der Waals surface area contributed by atoms with E-state index in [0.29, 0.717) is 32.7 Å². The number of aromatic nitrogens is 1. The molecule has 0 radical (unpaired) electrons. The third-order valence-corrected chi connectivity index (χ3v) is 2.57. The van der Waals surface area contributed by atoms with E-state index >= 15 is 0 Å². The van der Waals surface area contributed by atoms with Crippen LogP contribution in [0.3, 0.4) is 0 Å². The van der Waals surface area contributed by atoms with Crippen molar-refractivity contribution in [3.63, 3.8) is 0 Å². The molecule has 18 heavy (non-hydrogen) atoms. The second-order valence-electron chi connectivity index (χ2n) is 4.04. The van der Waals surface area contributed by atoms with Gasteiger partial charge in [0.15, 0.2) is 0 Å². The van der Waals surface area contributed by atoms with Gasteiger partial charge in [0, 0.05) is 39.4 Å². The summed E-state index contributed by atoms with van der Waals surface area (Å²) in [6.07, 6.45) is 2.25. The predicted molar refractivity (Wildman–Crippen MR) is 70.2 cm³/mol. The highest BCUT2D eigenvalue weighted by Gasteiger charge is 2.01. The second kappa shape index (κ2) is 8.60. The number of nitrogens with one attached hydrogen (secondary N) is 2. The minimum absolute atomic E-state index is 0.0392. The number of aryl methyl sites for hydroxylation is 1. The first-order valence-corrected chi connectivity index (χ1v) is 6.11. The Balaban J connectivity index is 2.12. The maximum absolute atomic E-state index is 11.4. The molecule has 0 spiro atoms. The standard InChI is InChI=1S/C13H21N3O2/c1-11-4-3-6-15-12(11)10-14-7-5-13(17)16-8-9-18-2/h3-4,6,14H,5,7-10H2,1-2H3,(H,16,17). The number of nitrogens with zero attached hydrogens (tertiary/aromatic N) is 1. The second-order valence-corrected chi connectivity index (χ2v) is 4.04. The van der Waals surface area contributed by atoms with Gasteiger partial charge in [0.05, 0.1) is 12.3 Å². The average molecular weight is 251 g/mol. The Morgan fingerprint density at radius 2 is 2.28 bits per heavy atom. The van der Waals surface area contributed by atoms with Crippen molar-refractivity contribution in [3.05, 3.63) is 29.6 Å². The molecule has 1 amide bonds. The summed E-state index contributed by atoms with van der Waals surface area (Å²) in [5.74, 6) is 0.0392. The minimum Gasteiger partial charge on any atom is -0.383 e. The van der Waals surface area contributed by atoms with Crippen molar-refractivity contribution in [3.8, 4) is 0 Å². The molecule has 0 saturated heterocycles. The molecule has 0 aliphatic heterocycles. The largest absolute Gasteiger partial charge is 0.383 e. The quantitative estimate of drug-likeness (QED) is 0.665. The lowest BCUT2D eigenvalue weighted by Gasteiger charge is -2.07. The van der Waals surface area contributed by atoms with Gasteiger partial charge in [-0.1, -0.05) is 6.07 Å². The third kappa shape index (κ3) is 5.75. The number of hydrogen-bond acceptors (Lipinski definition) is 4. The SMILES string of the molecule is COCCNC(=O)CCNCc1ncccc1C. The Morgan fingerprint density at radius 3 is 3.00 bits per heavy atom. The van der Waals surface area contributed by atoms with Crippen LogP contribution < -0.4 is 10.6 Å². The number of pyridine rings is 1. The molecule has 0 unspecified atom stereocenters. The van der Waals surface area contributed by atoms with Crippen molar-refractivity contribution in [1.29, 1.82) is 0 Å². The number of ether oxygens (including phenoxy) is 1. The van der Waals surface area contributed by atoms with Crippen molar-refractivity contribution in [1.82, 2.24) is 15.6 Å². The number of rotatable bonds is 8. The fourth-order valence-corrected chi connectivity index (χ4v) is 1.49. The van der Waals surface area contributed by atoms with E-state index in [1.807, 2.05) is 19.1 Å². The maximum Gasteiger partial charge on any atom is 0.221 e. The summed E-state index contributed by atoms with van der Waals surface area (Å²) in [7, 11) is 1.61. The van der Waals surface area contributed by atoms with Gasteiger partial charge in [0.1, 0.15) is 0 Å². The van der Waals surface area contributed by atoms with Crippen LogP contribution in [0.1, 0.15) is 17.7 Å². The van der Waals surface area contributed by atoms with E-state index in [1.54, 1.807) is 13.3 Å². The number of carbonyl (C=O) groups excluding carboxylic acids is 1.